The van der Waals surface area contributed by atoms with Crippen LogP contribution in [0.15, 0.2) is 0 Å². The Morgan fingerprint density at radius 3 is 1.93 bits per heavy atom. The number of Topliss-reactive ketones (excluding diaryl/α,β-unsaturated/α-hetero) is 1. The van der Waals surface area contributed by atoms with E-state index in [1.807, 2.05) is 0 Å². The van der Waals surface area contributed by atoms with Crippen LogP contribution >= 0.6 is 15.9 Å². The van der Waals surface area contributed by atoms with E-state index < -0.39 is 0 Å². The molecule has 0 aliphatic carbocycles. The predicted octanol–water partition coefficient (Wildman–Crippen LogP) is 4.48. The van der Waals surface area contributed by atoms with Crippen molar-refractivity contribution in [3.8, 4) is 0 Å². The van der Waals surface area contributed by atoms with Gasteiger partial charge >= 0.3 is 0 Å². The molecular weight excluding hydrogens is 240 g/mol. The van der Waals surface area contributed by atoms with Crippen LogP contribution in [0.4, 0.5) is 0 Å². The molecule has 0 aliphatic heterocycles. The number of unbranched alkanes of at least 4 members (excludes halogenated alkanes) is 7. The zero-order valence-corrected chi connectivity index (χ0v) is 10.9. The second-order valence-electron chi connectivity index (χ2n) is 3.90. The van der Waals surface area contributed by atoms with Gasteiger partial charge in [0.15, 0.2) is 0 Å². The molecule has 0 N–H and O–H groups in total. The third-order valence-corrected chi connectivity index (χ3v) is 3.08. The molecule has 84 valence electrons. The lowest BCUT2D eigenvalue weighted by molar-refractivity contribution is -0.116. The largest absolute Gasteiger partial charge is 0.299 e. The Bertz CT molecular complexity index is 134. The van der Waals surface area contributed by atoms with E-state index in [9.17, 15) is 4.79 Å². The maximum atomic E-state index is 10.9. The number of hydrogen-bond acceptors (Lipinski definition) is 1. The third-order valence-electron chi connectivity index (χ3n) is 2.46. The third kappa shape index (κ3) is 10.2. The van der Waals surface area contributed by atoms with Gasteiger partial charge in [-0.05, 0) is 6.42 Å². The number of carbonyl (C=O) groups is 1. The fourth-order valence-electron chi connectivity index (χ4n) is 1.52. The molecule has 0 fully saturated rings. The number of hydrogen-bond donors (Lipinski definition) is 0. The predicted molar refractivity (Wildman–Crippen MR) is 66.0 cm³/mol. The van der Waals surface area contributed by atoms with Gasteiger partial charge < -0.3 is 0 Å². The van der Waals surface area contributed by atoms with E-state index >= 15 is 0 Å². The molecule has 0 unspecified atom stereocenters. The molecule has 1 nitrogen and oxygen atoms in total. The molecule has 0 bridgehead atoms. The molecule has 0 amide bonds. The van der Waals surface area contributed by atoms with Gasteiger partial charge in [0.1, 0.15) is 5.78 Å². The summed E-state index contributed by atoms with van der Waals surface area (Å²) in [6, 6.07) is 0. The fourth-order valence-corrected chi connectivity index (χ4v) is 1.80. The molecule has 0 spiro atoms. The highest BCUT2D eigenvalue weighted by Crippen LogP contribution is 2.09. The van der Waals surface area contributed by atoms with Crippen molar-refractivity contribution in [1.29, 1.82) is 0 Å². The van der Waals surface area contributed by atoms with E-state index in [-0.39, 0.29) is 0 Å². The zero-order valence-electron chi connectivity index (χ0n) is 9.36. The van der Waals surface area contributed by atoms with Crippen molar-refractivity contribution in [3.05, 3.63) is 0 Å². The highest BCUT2D eigenvalue weighted by Gasteiger charge is 1.98. The monoisotopic (exact) mass is 262 g/mol. The maximum absolute atomic E-state index is 10.9. The summed E-state index contributed by atoms with van der Waals surface area (Å²) in [5, 5.41) is 0.531. The van der Waals surface area contributed by atoms with Crippen LogP contribution in [0, 0.1) is 0 Å². The molecule has 0 saturated carbocycles. The number of carbonyl (C=O) groups excluding carboxylic acids is 1. The van der Waals surface area contributed by atoms with Gasteiger partial charge in [0.05, 0.1) is 5.33 Å². The normalized spacial score (nSPS) is 10.4. The molecule has 2 heteroatoms. The van der Waals surface area contributed by atoms with Crippen molar-refractivity contribution < 1.29 is 4.79 Å². The fraction of sp³-hybridized carbons (Fsp3) is 0.917. The van der Waals surface area contributed by atoms with Crippen molar-refractivity contribution in [2.75, 3.05) is 5.33 Å². The molecule has 0 rings (SSSR count). The molecule has 0 radical (unpaired) electrons. The first-order chi connectivity index (χ1) is 6.81. The second kappa shape index (κ2) is 11.2. The number of alkyl halides is 1. The molecule has 0 heterocycles. The van der Waals surface area contributed by atoms with Gasteiger partial charge in [-0.3, -0.25) is 4.79 Å². The molecule has 0 aliphatic rings. The summed E-state index contributed by atoms with van der Waals surface area (Å²) >= 11 is 3.18. The minimum atomic E-state index is 0.344. The molecular formula is C12H23BrO. The van der Waals surface area contributed by atoms with Crippen molar-refractivity contribution in [2.45, 2.75) is 64.7 Å². The summed E-state index contributed by atoms with van der Waals surface area (Å²) in [5.41, 5.74) is 0. The molecule has 14 heavy (non-hydrogen) atoms. The Kier molecular flexibility index (Phi) is 11.3. The van der Waals surface area contributed by atoms with Crippen LogP contribution in [0.3, 0.4) is 0 Å². The average Bonchev–Trinajstić information content (AvgIpc) is 2.21. The van der Waals surface area contributed by atoms with Gasteiger partial charge in [0.2, 0.25) is 0 Å². The van der Waals surface area contributed by atoms with Crippen molar-refractivity contribution in [3.63, 3.8) is 0 Å². The highest BCUT2D eigenvalue weighted by atomic mass is 79.9. The Balaban J connectivity index is 2.95. The van der Waals surface area contributed by atoms with E-state index in [1.165, 1.54) is 44.9 Å². The Morgan fingerprint density at radius 2 is 1.43 bits per heavy atom. The van der Waals surface area contributed by atoms with Crippen molar-refractivity contribution in [1.82, 2.24) is 0 Å². The first-order valence-corrected chi connectivity index (χ1v) is 7.01. The molecule has 0 atom stereocenters. The Hall–Kier alpha value is 0.150. The minimum absolute atomic E-state index is 0.344. The minimum Gasteiger partial charge on any atom is -0.299 e. The van der Waals surface area contributed by atoms with E-state index in [0.29, 0.717) is 11.1 Å². The topological polar surface area (TPSA) is 17.1 Å². The molecule has 0 aromatic rings. The summed E-state index contributed by atoms with van der Waals surface area (Å²) in [6.45, 7) is 2.24. The first-order valence-electron chi connectivity index (χ1n) is 5.89. The molecule has 0 aromatic heterocycles. The van der Waals surface area contributed by atoms with E-state index in [0.717, 1.165) is 12.8 Å². The summed E-state index contributed by atoms with van der Waals surface area (Å²) in [6.07, 6.45) is 11.2. The summed E-state index contributed by atoms with van der Waals surface area (Å²) < 4.78 is 0. The lowest BCUT2D eigenvalue weighted by Crippen LogP contribution is -1.97. The van der Waals surface area contributed by atoms with Gasteiger partial charge in [-0.1, -0.05) is 67.8 Å². The smallest absolute Gasteiger partial charge is 0.143 e. The average molecular weight is 263 g/mol. The lowest BCUT2D eigenvalue weighted by atomic mass is 10.1. The van der Waals surface area contributed by atoms with Crippen LogP contribution in [-0.2, 0) is 4.79 Å². The number of rotatable bonds is 10. The lowest BCUT2D eigenvalue weighted by Gasteiger charge is -2.00. The quantitative estimate of drug-likeness (QED) is 0.419. The van der Waals surface area contributed by atoms with E-state index in [1.54, 1.807) is 0 Å². The summed E-state index contributed by atoms with van der Waals surface area (Å²) in [5.74, 6) is 0.344. The van der Waals surface area contributed by atoms with Gasteiger partial charge in [0.25, 0.3) is 0 Å². The second-order valence-corrected chi connectivity index (χ2v) is 4.46. The highest BCUT2D eigenvalue weighted by molar-refractivity contribution is 9.09. The Morgan fingerprint density at radius 1 is 0.929 bits per heavy atom. The van der Waals surface area contributed by atoms with Crippen molar-refractivity contribution in [2.24, 2.45) is 0 Å². The SMILES string of the molecule is CCCCCCCCCCC(=O)CBr. The van der Waals surface area contributed by atoms with E-state index in [2.05, 4.69) is 22.9 Å². The molecule has 0 saturated heterocycles. The first kappa shape index (κ1) is 14.2. The number of ketones is 1. The van der Waals surface area contributed by atoms with Crippen LogP contribution in [0.25, 0.3) is 0 Å². The van der Waals surface area contributed by atoms with Gasteiger partial charge in [-0.15, -0.1) is 0 Å². The van der Waals surface area contributed by atoms with Crippen LogP contribution in [-0.4, -0.2) is 11.1 Å². The van der Waals surface area contributed by atoms with Crippen LogP contribution in [0.1, 0.15) is 64.7 Å². The van der Waals surface area contributed by atoms with Crippen LogP contribution in [0.5, 0.6) is 0 Å². The number of halogens is 1. The zero-order chi connectivity index (χ0) is 10.6. The van der Waals surface area contributed by atoms with Crippen LogP contribution < -0.4 is 0 Å². The summed E-state index contributed by atoms with van der Waals surface area (Å²) in [7, 11) is 0. The Labute approximate surface area is 96.8 Å². The van der Waals surface area contributed by atoms with Gasteiger partial charge in [-0.25, -0.2) is 0 Å². The summed E-state index contributed by atoms with van der Waals surface area (Å²) in [4.78, 5) is 10.9. The van der Waals surface area contributed by atoms with E-state index in [4.69, 9.17) is 0 Å². The van der Waals surface area contributed by atoms with Crippen LogP contribution in [0.2, 0.25) is 0 Å². The van der Waals surface area contributed by atoms with Gasteiger partial charge in [0, 0.05) is 6.42 Å². The standard InChI is InChI=1S/C12H23BrO/c1-2-3-4-5-6-7-8-9-10-12(14)11-13/h2-11H2,1H3. The maximum Gasteiger partial charge on any atom is 0.143 e. The molecule has 0 aromatic carbocycles. The van der Waals surface area contributed by atoms with Gasteiger partial charge in [-0.2, -0.15) is 0 Å². The van der Waals surface area contributed by atoms with Crippen molar-refractivity contribution >= 4 is 21.7 Å².